The molecule has 0 bridgehead atoms. The van der Waals surface area contributed by atoms with Crippen molar-refractivity contribution >= 4 is 74.9 Å². The zero-order valence-electron chi connectivity index (χ0n) is 21.5. The van der Waals surface area contributed by atoms with Crippen LogP contribution in [-0.2, 0) is 0 Å². The molecule has 9 rings (SSSR count). The summed E-state index contributed by atoms with van der Waals surface area (Å²) in [5.74, 6) is 1.88. The Balaban J connectivity index is 1.38. The SMILES string of the molecule is c1ccc2c(c1)sc1c(-c3nc(-c4ccc5scnc5c4)nc(-n4c5ccccc5c5ccccc54)n3)cccc12. The molecule has 0 amide bonds. The third-order valence-corrected chi connectivity index (χ3v) is 9.67. The largest absolute Gasteiger partial charge is 0.278 e. The summed E-state index contributed by atoms with van der Waals surface area (Å²) in [5.41, 5.74) is 6.86. The van der Waals surface area contributed by atoms with E-state index in [1.165, 1.54) is 30.9 Å². The maximum absolute atomic E-state index is 5.18. The minimum atomic E-state index is 0.596. The highest BCUT2D eigenvalue weighted by Gasteiger charge is 2.19. The van der Waals surface area contributed by atoms with E-state index in [0.717, 1.165) is 32.4 Å². The molecule has 0 unspecified atom stereocenters. The van der Waals surface area contributed by atoms with Gasteiger partial charge >= 0.3 is 0 Å². The van der Waals surface area contributed by atoms with Crippen molar-refractivity contribution in [3.63, 3.8) is 0 Å². The van der Waals surface area contributed by atoms with E-state index in [1.54, 1.807) is 22.7 Å². The fourth-order valence-corrected chi connectivity index (χ4v) is 7.64. The van der Waals surface area contributed by atoms with Crippen LogP contribution in [0.5, 0.6) is 0 Å². The van der Waals surface area contributed by atoms with Gasteiger partial charge in [0.1, 0.15) is 0 Å². The van der Waals surface area contributed by atoms with E-state index in [-0.39, 0.29) is 0 Å². The van der Waals surface area contributed by atoms with Crippen molar-refractivity contribution in [3.05, 3.63) is 115 Å². The molecule has 0 saturated heterocycles. The Kier molecular flexibility index (Phi) is 4.87. The molecule has 192 valence electrons. The monoisotopic (exact) mass is 561 g/mol. The van der Waals surface area contributed by atoms with Crippen molar-refractivity contribution in [2.45, 2.75) is 0 Å². The standard InChI is InChI=1S/C34H19N5S2/c1-4-13-27-21(8-1)22-9-2-5-14-28(22)39(27)34-37-32(20-16-17-30-26(18-20)35-19-40-30)36-33(38-34)25-12-7-11-24-23-10-3-6-15-29(23)41-31(24)25/h1-19H. The molecule has 0 radical (unpaired) electrons. The maximum atomic E-state index is 5.18. The summed E-state index contributed by atoms with van der Waals surface area (Å²) in [7, 11) is 0. The van der Waals surface area contributed by atoms with Gasteiger partial charge in [0.2, 0.25) is 5.95 Å². The lowest BCUT2D eigenvalue weighted by molar-refractivity contribution is 0.954. The first kappa shape index (κ1) is 22.8. The van der Waals surface area contributed by atoms with Crippen molar-refractivity contribution in [3.8, 4) is 28.7 Å². The lowest BCUT2D eigenvalue weighted by atomic mass is 10.1. The minimum Gasteiger partial charge on any atom is -0.278 e. The molecule has 5 aromatic carbocycles. The predicted octanol–water partition coefficient (Wildman–Crippen LogP) is 9.28. The summed E-state index contributed by atoms with van der Waals surface area (Å²) >= 11 is 3.41. The topological polar surface area (TPSA) is 56.5 Å². The molecule has 0 fully saturated rings. The lowest BCUT2D eigenvalue weighted by Gasteiger charge is -2.11. The van der Waals surface area contributed by atoms with Crippen LogP contribution >= 0.6 is 22.7 Å². The minimum absolute atomic E-state index is 0.596. The fourth-order valence-electron chi connectivity index (χ4n) is 5.77. The molecule has 0 aliphatic heterocycles. The van der Waals surface area contributed by atoms with Crippen LogP contribution in [0.15, 0.2) is 115 Å². The number of fused-ring (bicyclic) bond motifs is 7. The summed E-state index contributed by atoms with van der Waals surface area (Å²) in [6.07, 6.45) is 0. The first-order chi connectivity index (χ1) is 20.3. The second kappa shape index (κ2) is 8.76. The van der Waals surface area contributed by atoms with Crippen molar-refractivity contribution in [2.75, 3.05) is 0 Å². The molecular formula is C34H19N5S2. The zero-order valence-corrected chi connectivity index (χ0v) is 23.2. The van der Waals surface area contributed by atoms with Crippen LogP contribution in [0.3, 0.4) is 0 Å². The van der Waals surface area contributed by atoms with Gasteiger partial charge in [-0.25, -0.2) is 9.97 Å². The number of rotatable bonds is 3. The van der Waals surface area contributed by atoms with Crippen molar-refractivity contribution in [1.82, 2.24) is 24.5 Å². The van der Waals surface area contributed by atoms with Crippen LogP contribution in [-0.4, -0.2) is 24.5 Å². The van der Waals surface area contributed by atoms with E-state index < -0.39 is 0 Å². The van der Waals surface area contributed by atoms with Crippen LogP contribution in [0.25, 0.3) is 80.9 Å². The Morgan fingerprint density at radius 2 is 1.27 bits per heavy atom. The smallest absolute Gasteiger partial charge is 0.238 e. The van der Waals surface area contributed by atoms with Crippen LogP contribution in [0.4, 0.5) is 0 Å². The highest BCUT2D eigenvalue weighted by molar-refractivity contribution is 7.26. The molecule has 0 atom stereocenters. The molecule has 0 aliphatic rings. The van der Waals surface area contributed by atoms with E-state index in [0.29, 0.717) is 17.6 Å². The molecule has 0 spiro atoms. The van der Waals surface area contributed by atoms with Gasteiger partial charge in [0.05, 0.1) is 26.8 Å². The van der Waals surface area contributed by atoms with Crippen molar-refractivity contribution in [1.29, 1.82) is 0 Å². The summed E-state index contributed by atoms with van der Waals surface area (Å²) in [6.45, 7) is 0. The highest BCUT2D eigenvalue weighted by atomic mass is 32.1. The number of para-hydroxylation sites is 2. The average molecular weight is 562 g/mol. The maximum Gasteiger partial charge on any atom is 0.238 e. The van der Waals surface area contributed by atoms with E-state index in [9.17, 15) is 0 Å². The molecular weight excluding hydrogens is 543 g/mol. The van der Waals surface area contributed by atoms with Crippen molar-refractivity contribution < 1.29 is 0 Å². The third kappa shape index (κ3) is 3.46. The Labute approximate surface area is 242 Å². The van der Waals surface area contributed by atoms with Crippen LogP contribution in [0, 0.1) is 0 Å². The summed E-state index contributed by atoms with van der Waals surface area (Å²) in [4.78, 5) is 19.9. The quantitative estimate of drug-likeness (QED) is 0.216. The molecule has 7 heteroatoms. The van der Waals surface area contributed by atoms with Gasteiger partial charge in [-0.1, -0.05) is 66.7 Å². The molecule has 4 heterocycles. The number of benzene rings is 5. The number of hydrogen-bond acceptors (Lipinski definition) is 6. The van der Waals surface area contributed by atoms with Crippen LogP contribution in [0.2, 0.25) is 0 Å². The molecule has 41 heavy (non-hydrogen) atoms. The Bertz CT molecular complexity index is 2400. The predicted molar refractivity (Wildman–Crippen MR) is 171 cm³/mol. The number of nitrogens with zero attached hydrogens (tertiary/aromatic N) is 5. The summed E-state index contributed by atoms with van der Waals surface area (Å²) in [6, 6.07) is 38.1. The number of thiazole rings is 1. The van der Waals surface area contributed by atoms with E-state index in [4.69, 9.17) is 15.0 Å². The third-order valence-electron chi connectivity index (χ3n) is 7.64. The number of hydrogen-bond donors (Lipinski definition) is 0. The van der Waals surface area contributed by atoms with Gasteiger partial charge in [-0.2, -0.15) is 9.97 Å². The van der Waals surface area contributed by atoms with Crippen molar-refractivity contribution in [2.24, 2.45) is 0 Å². The molecule has 0 aliphatic carbocycles. The second-order valence-corrected chi connectivity index (χ2v) is 11.9. The molecule has 4 aromatic heterocycles. The average Bonchev–Trinajstić information content (AvgIpc) is 3.74. The zero-order chi connectivity index (χ0) is 26.9. The number of aromatic nitrogens is 5. The van der Waals surface area contributed by atoms with Gasteiger partial charge in [0, 0.05) is 42.1 Å². The normalized spacial score (nSPS) is 11.9. The van der Waals surface area contributed by atoms with Gasteiger partial charge in [0.25, 0.3) is 0 Å². The Morgan fingerprint density at radius 3 is 2.10 bits per heavy atom. The Morgan fingerprint density at radius 1 is 0.561 bits per heavy atom. The summed E-state index contributed by atoms with van der Waals surface area (Å²) in [5, 5.41) is 4.80. The second-order valence-electron chi connectivity index (χ2n) is 9.97. The Hall–Kier alpha value is -4.98. The molecule has 0 N–H and O–H groups in total. The van der Waals surface area contributed by atoms with E-state index in [2.05, 4.69) is 119 Å². The van der Waals surface area contributed by atoms with Gasteiger partial charge in [0.15, 0.2) is 11.6 Å². The van der Waals surface area contributed by atoms with Crippen LogP contribution < -0.4 is 0 Å². The lowest BCUT2D eigenvalue weighted by Crippen LogP contribution is -2.06. The highest BCUT2D eigenvalue weighted by Crippen LogP contribution is 2.40. The van der Waals surface area contributed by atoms with E-state index in [1.807, 2.05) is 5.51 Å². The molecule has 9 aromatic rings. The van der Waals surface area contributed by atoms with Gasteiger partial charge < -0.3 is 0 Å². The number of thiophene rings is 1. The first-order valence-corrected chi connectivity index (χ1v) is 15.0. The fraction of sp³-hybridized carbons (Fsp3) is 0. The van der Waals surface area contributed by atoms with Gasteiger partial charge in [-0.05, 0) is 42.5 Å². The van der Waals surface area contributed by atoms with Gasteiger partial charge in [-0.3, -0.25) is 4.57 Å². The van der Waals surface area contributed by atoms with Gasteiger partial charge in [-0.15, -0.1) is 22.7 Å². The molecule has 0 saturated carbocycles. The summed E-state index contributed by atoms with van der Waals surface area (Å²) < 4.78 is 5.72. The first-order valence-electron chi connectivity index (χ1n) is 13.3. The van der Waals surface area contributed by atoms with Crippen LogP contribution in [0.1, 0.15) is 0 Å². The van der Waals surface area contributed by atoms with E-state index >= 15 is 0 Å². The molecule has 5 nitrogen and oxygen atoms in total.